The highest BCUT2D eigenvalue weighted by Gasteiger charge is 2.71. The van der Waals surface area contributed by atoms with E-state index in [-0.39, 0.29) is 48.1 Å². The van der Waals surface area contributed by atoms with Crippen molar-refractivity contribution in [1.82, 2.24) is 0 Å². The number of carbonyl (C=O) groups excluding carboxylic acids is 1. The predicted octanol–water partition coefficient (Wildman–Crippen LogP) is 0.820. The standard InChI is InChI=1S/C14H18O5/c1-3-7-4-8-10-11(7)14(16)5-9(18-13(8)19-14)12(10)17-6(2)15/h3,7-13,16H,1,4-5H2,2H3/t7-,8+,9-,10+,11-,12+,13+,14+/m1/s1. The number of aliphatic hydroxyl groups is 1. The Kier molecular flexibility index (Phi) is 2.25. The summed E-state index contributed by atoms with van der Waals surface area (Å²) in [6, 6.07) is 0. The van der Waals surface area contributed by atoms with Crippen molar-refractivity contribution in [3.05, 3.63) is 12.7 Å². The van der Waals surface area contributed by atoms with Crippen LogP contribution in [0.4, 0.5) is 0 Å². The number of esters is 1. The first kappa shape index (κ1) is 11.9. The second kappa shape index (κ2) is 3.59. The molecule has 0 aromatic carbocycles. The summed E-state index contributed by atoms with van der Waals surface area (Å²) in [6.07, 6.45) is 2.30. The lowest BCUT2D eigenvalue weighted by Gasteiger charge is -2.60. The van der Waals surface area contributed by atoms with E-state index in [0.717, 1.165) is 6.42 Å². The van der Waals surface area contributed by atoms with E-state index in [1.165, 1.54) is 6.92 Å². The van der Waals surface area contributed by atoms with Gasteiger partial charge in [0.2, 0.25) is 0 Å². The third-order valence-corrected chi connectivity index (χ3v) is 5.26. The van der Waals surface area contributed by atoms with E-state index in [9.17, 15) is 9.90 Å². The van der Waals surface area contributed by atoms with Gasteiger partial charge in [0.15, 0.2) is 12.1 Å². The van der Waals surface area contributed by atoms with Crippen LogP contribution in [0.5, 0.6) is 0 Å². The molecular formula is C14H18O5. The van der Waals surface area contributed by atoms with Crippen LogP contribution in [0.2, 0.25) is 0 Å². The maximum atomic E-state index is 11.3. The molecule has 5 aliphatic rings. The number of hydrogen-bond donors (Lipinski definition) is 1. The normalized spacial score (nSPS) is 57.3. The molecule has 0 spiro atoms. The van der Waals surface area contributed by atoms with Crippen LogP contribution in [0.25, 0.3) is 0 Å². The van der Waals surface area contributed by atoms with E-state index in [0.29, 0.717) is 6.42 Å². The van der Waals surface area contributed by atoms with Crippen molar-refractivity contribution >= 4 is 5.97 Å². The van der Waals surface area contributed by atoms with Crippen molar-refractivity contribution in [2.24, 2.45) is 23.7 Å². The monoisotopic (exact) mass is 266 g/mol. The van der Waals surface area contributed by atoms with E-state index in [2.05, 4.69) is 6.58 Å². The third-order valence-electron chi connectivity index (χ3n) is 5.26. The van der Waals surface area contributed by atoms with E-state index in [1.807, 2.05) is 6.08 Å². The van der Waals surface area contributed by atoms with E-state index >= 15 is 0 Å². The van der Waals surface area contributed by atoms with Crippen molar-refractivity contribution in [1.29, 1.82) is 0 Å². The van der Waals surface area contributed by atoms with Crippen LogP contribution in [0.3, 0.4) is 0 Å². The maximum absolute atomic E-state index is 11.3. The van der Waals surface area contributed by atoms with Gasteiger partial charge in [-0.05, 0) is 12.3 Å². The Morgan fingerprint density at radius 3 is 3.05 bits per heavy atom. The minimum absolute atomic E-state index is 0.0317. The zero-order valence-corrected chi connectivity index (χ0v) is 10.8. The van der Waals surface area contributed by atoms with Gasteiger partial charge in [-0.1, -0.05) is 6.08 Å². The number of hydrogen-bond acceptors (Lipinski definition) is 5. The fourth-order valence-corrected chi connectivity index (χ4v) is 4.76. The lowest BCUT2D eigenvalue weighted by molar-refractivity contribution is -0.445. The topological polar surface area (TPSA) is 65.0 Å². The van der Waals surface area contributed by atoms with Crippen molar-refractivity contribution in [2.75, 3.05) is 0 Å². The summed E-state index contributed by atoms with van der Waals surface area (Å²) in [5.74, 6) is -0.942. The van der Waals surface area contributed by atoms with Crippen molar-refractivity contribution in [3.8, 4) is 0 Å². The molecule has 3 heterocycles. The van der Waals surface area contributed by atoms with Crippen LogP contribution >= 0.6 is 0 Å². The molecule has 19 heavy (non-hydrogen) atoms. The van der Waals surface area contributed by atoms with Crippen LogP contribution in [0, 0.1) is 23.7 Å². The quantitative estimate of drug-likeness (QED) is 0.592. The zero-order valence-electron chi connectivity index (χ0n) is 10.8. The molecule has 0 unspecified atom stereocenters. The Morgan fingerprint density at radius 2 is 2.37 bits per heavy atom. The number of carbonyl (C=O) groups is 1. The zero-order chi connectivity index (χ0) is 13.4. The van der Waals surface area contributed by atoms with Gasteiger partial charge >= 0.3 is 5.97 Å². The first-order valence-corrected chi connectivity index (χ1v) is 6.89. The summed E-state index contributed by atoms with van der Waals surface area (Å²) in [7, 11) is 0. The Bertz CT molecular complexity index is 449. The minimum Gasteiger partial charge on any atom is -0.459 e. The molecule has 0 radical (unpaired) electrons. The molecule has 6 bridgehead atoms. The van der Waals surface area contributed by atoms with Gasteiger partial charge in [-0.25, -0.2) is 0 Å². The van der Waals surface area contributed by atoms with Crippen LogP contribution < -0.4 is 0 Å². The summed E-state index contributed by atoms with van der Waals surface area (Å²) in [4.78, 5) is 11.3. The molecule has 5 fully saturated rings. The highest BCUT2D eigenvalue weighted by atomic mass is 16.8. The van der Waals surface area contributed by atoms with Gasteiger partial charge in [0.25, 0.3) is 0 Å². The highest BCUT2D eigenvalue weighted by molar-refractivity contribution is 5.66. The van der Waals surface area contributed by atoms with Crippen LogP contribution in [-0.4, -0.2) is 35.4 Å². The fourth-order valence-electron chi connectivity index (χ4n) is 4.76. The molecule has 0 aromatic rings. The summed E-state index contributed by atoms with van der Waals surface area (Å²) < 4.78 is 17.0. The summed E-state index contributed by atoms with van der Waals surface area (Å²) >= 11 is 0. The molecule has 1 N–H and O–H groups in total. The molecule has 0 aromatic heterocycles. The number of rotatable bonds is 2. The second-order valence-electron chi connectivity index (χ2n) is 6.19. The molecule has 3 aliphatic heterocycles. The SMILES string of the molecule is C=C[C@@H]1C[C@@H]2[C@H]3O[C@@H]4C[C@](O)(O3)[C@H]1[C@H]2[C@H]4OC(C)=O. The van der Waals surface area contributed by atoms with E-state index in [1.54, 1.807) is 0 Å². The molecule has 5 rings (SSSR count). The lowest BCUT2D eigenvalue weighted by atomic mass is 9.65. The van der Waals surface area contributed by atoms with Crippen LogP contribution in [-0.2, 0) is 19.0 Å². The van der Waals surface area contributed by atoms with Gasteiger partial charge in [-0.3, -0.25) is 4.79 Å². The summed E-state index contributed by atoms with van der Waals surface area (Å²) in [5, 5.41) is 10.8. The molecule has 2 saturated carbocycles. The number of ether oxygens (including phenoxy) is 3. The fraction of sp³-hybridized carbons (Fsp3) is 0.786. The van der Waals surface area contributed by atoms with Gasteiger partial charge in [0.05, 0.1) is 0 Å². The minimum atomic E-state index is -1.14. The Balaban J connectivity index is 1.76. The maximum Gasteiger partial charge on any atom is 0.303 e. The summed E-state index contributed by atoms with van der Waals surface area (Å²) in [5.41, 5.74) is 0. The largest absolute Gasteiger partial charge is 0.459 e. The molecular weight excluding hydrogens is 248 g/mol. The van der Waals surface area contributed by atoms with Gasteiger partial charge in [0, 0.05) is 31.1 Å². The molecule has 5 nitrogen and oxygen atoms in total. The van der Waals surface area contributed by atoms with Crippen LogP contribution in [0.1, 0.15) is 19.8 Å². The Morgan fingerprint density at radius 1 is 1.58 bits per heavy atom. The average molecular weight is 266 g/mol. The molecule has 2 aliphatic carbocycles. The molecule has 5 heteroatoms. The van der Waals surface area contributed by atoms with Gasteiger partial charge < -0.3 is 19.3 Å². The first-order chi connectivity index (χ1) is 9.03. The van der Waals surface area contributed by atoms with Crippen molar-refractivity contribution in [2.45, 2.75) is 44.1 Å². The molecule has 3 saturated heterocycles. The molecule has 8 atom stereocenters. The predicted molar refractivity (Wildman–Crippen MR) is 63.6 cm³/mol. The smallest absolute Gasteiger partial charge is 0.303 e. The van der Waals surface area contributed by atoms with E-state index in [4.69, 9.17) is 14.2 Å². The third kappa shape index (κ3) is 1.38. The number of allylic oxidation sites excluding steroid dienone is 1. The van der Waals surface area contributed by atoms with E-state index < -0.39 is 5.79 Å². The molecule has 104 valence electrons. The first-order valence-electron chi connectivity index (χ1n) is 6.89. The average Bonchev–Trinajstić information content (AvgIpc) is 2.70. The Hall–Kier alpha value is -0.910. The van der Waals surface area contributed by atoms with Gasteiger partial charge in [0.1, 0.15) is 12.2 Å². The van der Waals surface area contributed by atoms with Gasteiger partial charge in [-0.15, -0.1) is 6.58 Å². The Labute approximate surface area is 111 Å². The lowest BCUT2D eigenvalue weighted by Crippen LogP contribution is -2.70. The molecule has 0 amide bonds. The van der Waals surface area contributed by atoms with Crippen molar-refractivity contribution < 1.29 is 24.1 Å². The van der Waals surface area contributed by atoms with Crippen LogP contribution in [0.15, 0.2) is 12.7 Å². The highest BCUT2D eigenvalue weighted by Crippen LogP contribution is 2.63. The second-order valence-corrected chi connectivity index (χ2v) is 6.19. The summed E-state index contributed by atoms with van der Waals surface area (Å²) in [6.45, 7) is 5.29. The van der Waals surface area contributed by atoms with Gasteiger partial charge in [-0.2, -0.15) is 0 Å². The van der Waals surface area contributed by atoms with Crippen molar-refractivity contribution in [3.63, 3.8) is 0 Å².